The summed E-state index contributed by atoms with van der Waals surface area (Å²) in [6.07, 6.45) is 0.711. The highest BCUT2D eigenvalue weighted by Gasteiger charge is 2.39. The first-order valence-corrected chi connectivity index (χ1v) is 6.54. The van der Waals surface area contributed by atoms with Crippen LogP contribution in [-0.4, -0.2) is 22.0 Å². The lowest BCUT2D eigenvalue weighted by Crippen LogP contribution is -2.29. The number of nitrogens with zero attached hydrogens (tertiary/aromatic N) is 3. The first kappa shape index (κ1) is 11.8. The Bertz CT molecular complexity index is 695. The molecule has 6 nitrogen and oxygen atoms in total. The Balaban J connectivity index is 2.10. The summed E-state index contributed by atoms with van der Waals surface area (Å²) >= 11 is 1.24. The maximum absolute atomic E-state index is 12.3. The molecule has 0 saturated carbocycles. The monoisotopic (exact) mass is 274 g/mol. The SMILES string of the molecule is CCc1nnc(N2C(=O)c3cccc(N)c3C2=O)s1. The summed E-state index contributed by atoms with van der Waals surface area (Å²) in [6.45, 7) is 1.94. The van der Waals surface area contributed by atoms with Crippen molar-refractivity contribution >= 4 is 34.0 Å². The molecular formula is C12H10N4O2S. The van der Waals surface area contributed by atoms with Gasteiger partial charge in [-0.15, -0.1) is 10.2 Å². The number of carbonyl (C=O) groups is 2. The zero-order valence-corrected chi connectivity index (χ0v) is 10.9. The maximum atomic E-state index is 12.3. The summed E-state index contributed by atoms with van der Waals surface area (Å²) in [5.74, 6) is -0.831. The number of nitrogens with two attached hydrogens (primary N) is 1. The van der Waals surface area contributed by atoms with Gasteiger partial charge in [-0.1, -0.05) is 24.3 Å². The van der Waals surface area contributed by atoms with Crippen LogP contribution in [0.1, 0.15) is 32.6 Å². The highest BCUT2D eigenvalue weighted by Crippen LogP contribution is 2.32. The molecule has 2 aromatic rings. The van der Waals surface area contributed by atoms with Gasteiger partial charge < -0.3 is 5.73 Å². The van der Waals surface area contributed by atoms with Crippen molar-refractivity contribution in [2.45, 2.75) is 13.3 Å². The van der Waals surface area contributed by atoms with E-state index in [2.05, 4.69) is 10.2 Å². The molecule has 96 valence electrons. The van der Waals surface area contributed by atoms with Crippen LogP contribution in [0.15, 0.2) is 18.2 Å². The fraction of sp³-hybridized carbons (Fsp3) is 0.167. The smallest absolute Gasteiger partial charge is 0.270 e. The molecule has 0 unspecified atom stereocenters. The highest BCUT2D eigenvalue weighted by atomic mass is 32.1. The van der Waals surface area contributed by atoms with E-state index in [4.69, 9.17) is 5.73 Å². The van der Waals surface area contributed by atoms with E-state index in [1.54, 1.807) is 18.2 Å². The summed E-state index contributed by atoms with van der Waals surface area (Å²) in [4.78, 5) is 25.6. The van der Waals surface area contributed by atoms with Gasteiger partial charge in [-0.25, -0.2) is 4.90 Å². The Kier molecular flexibility index (Phi) is 2.56. The molecule has 7 heteroatoms. The van der Waals surface area contributed by atoms with Crippen LogP contribution >= 0.6 is 11.3 Å². The summed E-state index contributed by atoms with van der Waals surface area (Å²) in [6, 6.07) is 4.85. The Hall–Kier alpha value is -2.28. The number of carbonyl (C=O) groups excluding carboxylic acids is 2. The summed E-state index contributed by atoms with van der Waals surface area (Å²) in [5, 5.41) is 8.89. The van der Waals surface area contributed by atoms with Gasteiger partial charge in [0.05, 0.1) is 11.1 Å². The average molecular weight is 274 g/mol. The Morgan fingerprint density at radius 1 is 1.26 bits per heavy atom. The van der Waals surface area contributed by atoms with E-state index in [1.165, 1.54) is 11.3 Å². The van der Waals surface area contributed by atoms with Crippen molar-refractivity contribution < 1.29 is 9.59 Å². The van der Waals surface area contributed by atoms with E-state index in [-0.39, 0.29) is 5.56 Å². The molecule has 2 heterocycles. The van der Waals surface area contributed by atoms with Gasteiger partial charge >= 0.3 is 0 Å². The number of hydrogen-bond acceptors (Lipinski definition) is 6. The van der Waals surface area contributed by atoms with Crippen LogP contribution in [0.4, 0.5) is 10.8 Å². The fourth-order valence-electron chi connectivity index (χ4n) is 1.96. The van der Waals surface area contributed by atoms with Crippen LogP contribution < -0.4 is 10.6 Å². The summed E-state index contributed by atoms with van der Waals surface area (Å²) < 4.78 is 0. The molecule has 2 N–H and O–H groups in total. The molecule has 2 amide bonds. The quantitative estimate of drug-likeness (QED) is 0.662. The lowest BCUT2D eigenvalue weighted by atomic mass is 10.1. The van der Waals surface area contributed by atoms with Gasteiger partial charge in [0.15, 0.2) is 0 Å². The zero-order chi connectivity index (χ0) is 13.6. The minimum absolute atomic E-state index is 0.251. The summed E-state index contributed by atoms with van der Waals surface area (Å²) in [7, 11) is 0. The standard InChI is InChI=1S/C12H10N4O2S/c1-2-8-14-15-12(19-8)16-10(17)6-4-3-5-7(13)9(6)11(16)18/h3-5H,2,13H2,1H3. The second-order valence-electron chi connectivity index (χ2n) is 4.05. The van der Waals surface area contributed by atoms with E-state index >= 15 is 0 Å². The minimum Gasteiger partial charge on any atom is -0.398 e. The van der Waals surface area contributed by atoms with Gasteiger partial charge in [-0.3, -0.25) is 9.59 Å². The third kappa shape index (κ3) is 1.62. The third-order valence-electron chi connectivity index (χ3n) is 2.90. The van der Waals surface area contributed by atoms with E-state index in [1.807, 2.05) is 6.92 Å². The molecule has 1 aliphatic rings. The number of imide groups is 1. The number of aryl methyl sites for hydroxylation is 1. The number of benzene rings is 1. The van der Waals surface area contributed by atoms with Gasteiger partial charge in [0, 0.05) is 5.69 Å². The molecule has 0 bridgehead atoms. The molecule has 1 aromatic carbocycles. The van der Waals surface area contributed by atoms with E-state index in [0.29, 0.717) is 22.8 Å². The van der Waals surface area contributed by atoms with Crippen LogP contribution in [0.25, 0.3) is 0 Å². The molecule has 0 spiro atoms. The van der Waals surface area contributed by atoms with Crippen molar-refractivity contribution in [2.24, 2.45) is 0 Å². The number of nitrogen functional groups attached to an aromatic ring is 1. The van der Waals surface area contributed by atoms with Crippen LogP contribution in [0, 0.1) is 0 Å². The topological polar surface area (TPSA) is 89.2 Å². The number of hydrogen-bond donors (Lipinski definition) is 1. The molecule has 19 heavy (non-hydrogen) atoms. The van der Waals surface area contributed by atoms with Crippen molar-refractivity contribution in [3.8, 4) is 0 Å². The lowest BCUT2D eigenvalue weighted by Gasteiger charge is -2.07. The summed E-state index contributed by atoms with van der Waals surface area (Å²) in [5.41, 5.74) is 6.64. The number of rotatable bonds is 2. The predicted octanol–water partition coefficient (Wildman–Crippen LogP) is 1.48. The first-order valence-electron chi connectivity index (χ1n) is 5.73. The molecule has 0 aliphatic carbocycles. The second kappa shape index (κ2) is 4.13. The fourth-order valence-corrected chi connectivity index (χ4v) is 2.74. The van der Waals surface area contributed by atoms with Gasteiger partial charge in [0.1, 0.15) is 5.01 Å². The third-order valence-corrected chi connectivity index (χ3v) is 3.95. The molecule has 0 saturated heterocycles. The number of aromatic nitrogens is 2. The number of amides is 2. The van der Waals surface area contributed by atoms with Gasteiger partial charge in [-0.2, -0.15) is 0 Å². The van der Waals surface area contributed by atoms with Gasteiger partial charge in [0.2, 0.25) is 5.13 Å². The molecule has 0 radical (unpaired) electrons. The number of anilines is 2. The van der Waals surface area contributed by atoms with Crippen molar-refractivity contribution in [3.63, 3.8) is 0 Å². The van der Waals surface area contributed by atoms with Crippen molar-refractivity contribution in [1.29, 1.82) is 0 Å². The van der Waals surface area contributed by atoms with Gasteiger partial charge in [0.25, 0.3) is 11.8 Å². The van der Waals surface area contributed by atoms with Crippen molar-refractivity contribution in [2.75, 3.05) is 10.6 Å². The van der Waals surface area contributed by atoms with Crippen molar-refractivity contribution in [1.82, 2.24) is 10.2 Å². The van der Waals surface area contributed by atoms with Gasteiger partial charge in [-0.05, 0) is 18.6 Å². The lowest BCUT2D eigenvalue weighted by molar-refractivity contribution is 0.0926. The van der Waals surface area contributed by atoms with Crippen molar-refractivity contribution in [3.05, 3.63) is 34.3 Å². The number of fused-ring (bicyclic) bond motifs is 1. The molecule has 0 fully saturated rings. The van der Waals surface area contributed by atoms with Crippen LogP contribution in [0.3, 0.4) is 0 Å². The van der Waals surface area contributed by atoms with Crippen LogP contribution in [0.5, 0.6) is 0 Å². The van der Waals surface area contributed by atoms with E-state index in [0.717, 1.165) is 9.91 Å². The highest BCUT2D eigenvalue weighted by molar-refractivity contribution is 7.15. The Labute approximate surface area is 112 Å². The molecule has 3 rings (SSSR count). The molecular weight excluding hydrogens is 264 g/mol. The normalized spacial score (nSPS) is 14.1. The second-order valence-corrected chi connectivity index (χ2v) is 5.09. The Morgan fingerprint density at radius 2 is 2.05 bits per heavy atom. The first-order chi connectivity index (χ1) is 9.13. The molecule has 1 aromatic heterocycles. The maximum Gasteiger partial charge on any atom is 0.270 e. The zero-order valence-electron chi connectivity index (χ0n) is 10.1. The predicted molar refractivity (Wildman–Crippen MR) is 71.3 cm³/mol. The Morgan fingerprint density at radius 3 is 2.68 bits per heavy atom. The van der Waals surface area contributed by atoms with E-state index < -0.39 is 11.8 Å². The largest absolute Gasteiger partial charge is 0.398 e. The molecule has 1 aliphatic heterocycles. The van der Waals surface area contributed by atoms with E-state index in [9.17, 15) is 9.59 Å². The van der Waals surface area contributed by atoms with Crippen LogP contribution in [-0.2, 0) is 6.42 Å². The average Bonchev–Trinajstić information content (AvgIpc) is 2.95. The molecule has 0 atom stereocenters. The minimum atomic E-state index is -0.433. The van der Waals surface area contributed by atoms with Crippen LogP contribution in [0.2, 0.25) is 0 Å².